The summed E-state index contributed by atoms with van der Waals surface area (Å²) < 4.78 is 20.3. The standard InChI is InChI=1S/C24H26FN5O3S/c1-17(34)27-15-20-16-30(24(32)33-20)19-3-4-22(21(25)14-19)28-10-12-29(13-11-28)23(31)5-2-18-6-8-26-9-7-18/h2-9,14,20H,10-13,15-16H2,1H3,(H,27,34)/t20-/m0/s1. The summed E-state index contributed by atoms with van der Waals surface area (Å²) in [5, 5.41) is 2.98. The number of cyclic esters (lactones) is 1. The summed E-state index contributed by atoms with van der Waals surface area (Å²) in [7, 11) is 0. The Morgan fingerprint density at radius 2 is 1.97 bits per heavy atom. The number of nitrogens with one attached hydrogen (secondary N) is 1. The quantitative estimate of drug-likeness (QED) is 0.500. The van der Waals surface area contributed by atoms with Crippen molar-refractivity contribution in [1.82, 2.24) is 15.2 Å². The third-order valence-electron chi connectivity index (χ3n) is 5.75. The Morgan fingerprint density at radius 1 is 1.24 bits per heavy atom. The third-order valence-corrected chi connectivity index (χ3v) is 5.90. The normalized spacial score (nSPS) is 18.4. The minimum absolute atomic E-state index is 0.0762. The number of amides is 2. The molecule has 0 saturated carbocycles. The van der Waals surface area contributed by atoms with Gasteiger partial charge in [0.25, 0.3) is 0 Å². The summed E-state index contributed by atoms with van der Waals surface area (Å²) in [4.78, 5) is 34.4. The van der Waals surface area contributed by atoms with Crippen molar-refractivity contribution in [3.05, 3.63) is 60.2 Å². The van der Waals surface area contributed by atoms with E-state index in [1.165, 1.54) is 11.0 Å². The molecule has 0 bridgehead atoms. The highest BCUT2D eigenvalue weighted by Crippen LogP contribution is 2.28. The molecule has 2 aromatic rings. The highest BCUT2D eigenvalue weighted by Gasteiger charge is 2.33. The zero-order valence-electron chi connectivity index (χ0n) is 18.8. The van der Waals surface area contributed by atoms with Crippen molar-refractivity contribution >= 4 is 46.7 Å². The van der Waals surface area contributed by atoms with Gasteiger partial charge in [0.1, 0.15) is 11.9 Å². The molecule has 8 nitrogen and oxygen atoms in total. The van der Waals surface area contributed by atoms with E-state index in [1.54, 1.807) is 48.5 Å². The van der Waals surface area contributed by atoms with E-state index < -0.39 is 11.9 Å². The molecule has 1 N–H and O–H groups in total. The van der Waals surface area contributed by atoms with E-state index in [1.807, 2.05) is 17.0 Å². The Balaban J connectivity index is 1.33. The second-order valence-electron chi connectivity index (χ2n) is 8.12. The average Bonchev–Trinajstić information content (AvgIpc) is 3.22. The fourth-order valence-electron chi connectivity index (χ4n) is 3.93. The molecule has 178 valence electrons. The molecule has 3 heterocycles. The van der Waals surface area contributed by atoms with Crippen LogP contribution < -0.4 is 15.1 Å². The first-order chi connectivity index (χ1) is 16.4. The van der Waals surface area contributed by atoms with Gasteiger partial charge in [-0.2, -0.15) is 0 Å². The van der Waals surface area contributed by atoms with Gasteiger partial charge in [-0.25, -0.2) is 9.18 Å². The summed E-state index contributed by atoms with van der Waals surface area (Å²) in [6.07, 6.45) is 5.79. The van der Waals surface area contributed by atoms with E-state index in [9.17, 15) is 14.0 Å². The van der Waals surface area contributed by atoms with Crippen LogP contribution in [-0.2, 0) is 9.53 Å². The van der Waals surface area contributed by atoms with Gasteiger partial charge < -0.3 is 19.9 Å². The van der Waals surface area contributed by atoms with Crippen LogP contribution in [0.3, 0.4) is 0 Å². The van der Waals surface area contributed by atoms with Gasteiger partial charge in [0, 0.05) is 44.6 Å². The van der Waals surface area contributed by atoms with E-state index >= 15 is 0 Å². The smallest absolute Gasteiger partial charge is 0.414 e. The number of piperazine rings is 1. The van der Waals surface area contributed by atoms with Crippen molar-refractivity contribution in [2.75, 3.05) is 49.1 Å². The van der Waals surface area contributed by atoms with Gasteiger partial charge in [0.05, 0.1) is 29.5 Å². The maximum absolute atomic E-state index is 15.0. The van der Waals surface area contributed by atoms with Gasteiger partial charge in [-0.15, -0.1) is 0 Å². The fourth-order valence-corrected chi connectivity index (χ4v) is 4.01. The SMILES string of the molecule is CC(=S)NC[C@H]1CN(c2ccc(N3CCN(C(=O)C=Cc4ccncc4)CC3)c(F)c2)C(=O)O1. The van der Waals surface area contributed by atoms with E-state index in [2.05, 4.69) is 10.3 Å². The van der Waals surface area contributed by atoms with Crippen LogP contribution in [0, 0.1) is 5.82 Å². The number of carbonyl (C=O) groups excluding carboxylic acids is 2. The van der Waals surface area contributed by atoms with Crippen molar-refractivity contribution in [2.24, 2.45) is 0 Å². The van der Waals surface area contributed by atoms with Crippen LogP contribution in [0.2, 0.25) is 0 Å². The molecule has 1 aromatic heterocycles. The molecule has 0 radical (unpaired) electrons. The number of nitrogens with zero attached hydrogens (tertiary/aromatic N) is 4. The summed E-state index contributed by atoms with van der Waals surface area (Å²) in [6.45, 7) is 4.51. The van der Waals surface area contributed by atoms with Crippen molar-refractivity contribution in [1.29, 1.82) is 0 Å². The molecule has 0 unspecified atom stereocenters. The lowest BCUT2D eigenvalue weighted by Crippen LogP contribution is -2.48. The largest absolute Gasteiger partial charge is 0.442 e. The van der Waals surface area contributed by atoms with E-state index in [0.29, 0.717) is 55.6 Å². The van der Waals surface area contributed by atoms with Crippen LogP contribution in [0.15, 0.2) is 48.8 Å². The molecule has 4 rings (SSSR count). The number of hydrogen-bond acceptors (Lipinski definition) is 6. The number of carbonyl (C=O) groups is 2. The minimum atomic E-state index is -0.507. The summed E-state index contributed by atoms with van der Waals surface area (Å²) in [6, 6.07) is 8.40. The van der Waals surface area contributed by atoms with E-state index in [4.69, 9.17) is 17.0 Å². The lowest BCUT2D eigenvalue weighted by molar-refractivity contribution is -0.126. The second-order valence-corrected chi connectivity index (χ2v) is 8.73. The number of ether oxygens (including phenoxy) is 1. The number of halogens is 1. The molecule has 2 fully saturated rings. The molecule has 1 atom stereocenters. The average molecular weight is 484 g/mol. The van der Waals surface area contributed by atoms with Gasteiger partial charge in [-0.1, -0.05) is 12.2 Å². The molecule has 2 aliphatic rings. The Hall–Kier alpha value is -3.53. The van der Waals surface area contributed by atoms with E-state index in [-0.39, 0.29) is 12.0 Å². The number of rotatable bonds is 6. The predicted molar refractivity (Wildman–Crippen MR) is 132 cm³/mol. The number of hydrogen-bond donors (Lipinski definition) is 1. The van der Waals surface area contributed by atoms with Crippen molar-refractivity contribution < 1.29 is 18.7 Å². The number of aromatic nitrogens is 1. The zero-order chi connectivity index (χ0) is 24.1. The molecular formula is C24H26FN5O3S. The van der Waals surface area contributed by atoms with Crippen molar-refractivity contribution in [3.63, 3.8) is 0 Å². The first kappa shape index (κ1) is 23.6. The number of pyridine rings is 1. The lowest BCUT2D eigenvalue weighted by atomic mass is 10.2. The minimum Gasteiger partial charge on any atom is -0.442 e. The van der Waals surface area contributed by atoms with Gasteiger partial charge in [-0.3, -0.25) is 14.7 Å². The zero-order valence-corrected chi connectivity index (χ0v) is 19.6. The van der Waals surface area contributed by atoms with Gasteiger partial charge in [0.2, 0.25) is 5.91 Å². The highest BCUT2D eigenvalue weighted by molar-refractivity contribution is 7.80. The van der Waals surface area contributed by atoms with Gasteiger partial charge >= 0.3 is 6.09 Å². The fraction of sp³-hybridized carbons (Fsp3) is 0.333. The monoisotopic (exact) mass is 483 g/mol. The Morgan fingerprint density at radius 3 is 2.65 bits per heavy atom. The van der Waals surface area contributed by atoms with Crippen LogP contribution in [0.1, 0.15) is 12.5 Å². The van der Waals surface area contributed by atoms with Crippen molar-refractivity contribution in [2.45, 2.75) is 13.0 Å². The highest BCUT2D eigenvalue weighted by atomic mass is 32.1. The predicted octanol–water partition coefficient (Wildman–Crippen LogP) is 2.84. The molecule has 0 aliphatic carbocycles. The third kappa shape index (κ3) is 5.69. The Kier molecular flexibility index (Phi) is 7.36. The topological polar surface area (TPSA) is 78.0 Å². The maximum Gasteiger partial charge on any atom is 0.414 e. The van der Waals surface area contributed by atoms with Gasteiger partial charge in [-0.05, 0) is 48.9 Å². The molecule has 2 aliphatic heterocycles. The second kappa shape index (κ2) is 10.6. The van der Waals surface area contributed by atoms with Gasteiger partial charge in [0.15, 0.2) is 0 Å². The van der Waals surface area contributed by atoms with Crippen LogP contribution in [-0.4, -0.2) is 72.2 Å². The van der Waals surface area contributed by atoms with Crippen LogP contribution in [0.5, 0.6) is 0 Å². The first-order valence-electron chi connectivity index (χ1n) is 11.0. The van der Waals surface area contributed by atoms with Crippen LogP contribution in [0.4, 0.5) is 20.6 Å². The molecule has 2 amide bonds. The Labute approximate surface area is 203 Å². The van der Waals surface area contributed by atoms with Crippen LogP contribution >= 0.6 is 12.2 Å². The summed E-state index contributed by atoms with van der Waals surface area (Å²) in [5.74, 6) is -0.494. The number of thiocarbonyl (C=S) groups is 1. The molecule has 1 aromatic carbocycles. The summed E-state index contributed by atoms with van der Waals surface area (Å²) in [5.41, 5.74) is 1.80. The molecular weight excluding hydrogens is 457 g/mol. The molecule has 34 heavy (non-hydrogen) atoms. The molecule has 0 spiro atoms. The lowest BCUT2D eigenvalue weighted by Gasteiger charge is -2.36. The summed E-state index contributed by atoms with van der Waals surface area (Å²) >= 11 is 4.98. The number of benzene rings is 1. The van der Waals surface area contributed by atoms with Crippen LogP contribution in [0.25, 0.3) is 6.08 Å². The number of anilines is 2. The maximum atomic E-state index is 15.0. The first-order valence-corrected chi connectivity index (χ1v) is 11.5. The van der Waals surface area contributed by atoms with E-state index in [0.717, 1.165) is 5.56 Å². The molecule has 2 saturated heterocycles. The Bertz CT molecular complexity index is 1090. The molecule has 10 heteroatoms. The van der Waals surface area contributed by atoms with Crippen molar-refractivity contribution in [3.8, 4) is 0 Å².